The van der Waals surface area contributed by atoms with E-state index >= 15 is 4.39 Å². The molecule has 6 aliphatic rings. The predicted molar refractivity (Wildman–Crippen MR) is 261 cm³/mol. The zero-order chi connectivity index (χ0) is 51.7. The summed E-state index contributed by atoms with van der Waals surface area (Å²) in [5.41, 5.74) is 2.17. The molecule has 3 aliphatic heterocycles. The van der Waals surface area contributed by atoms with E-state index < -0.39 is 46.3 Å². The molecule has 6 fully saturated rings. The highest BCUT2D eigenvalue weighted by Gasteiger charge is 2.57. The molecule has 0 radical (unpaired) electrons. The molecular formula is C52H52Cl4F5N3O7. The second-order valence-electron chi connectivity index (χ2n) is 19.6. The number of hydrogen-bond acceptors (Lipinski definition) is 8. The van der Waals surface area contributed by atoms with E-state index in [1.54, 1.807) is 98.5 Å². The van der Waals surface area contributed by atoms with Crippen molar-refractivity contribution in [2.45, 2.75) is 125 Å². The Kier molecular flexibility index (Phi) is 17.0. The highest BCUT2D eigenvalue weighted by Crippen LogP contribution is 2.49. The summed E-state index contributed by atoms with van der Waals surface area (Å²) in [7, 11) is 0. The number of amides is 1. The van der Waals surface area contributed by atoms with E-state index in [9.17, 15) is 41.5 Å². The molecule has 1 amide bonds. The number of hydrogen-bond donors (Lipinski definition) is 3. The molecular weight excluding hydrogens is 1020 g/mol. The number of carboxylic acid groups (broad SMARTS) is 1. The summed E-state index contributed by atoms with van der Waals surface area (Å²) in [4.78, 5) is 57.8. The largest absolute Gasteiger partial charge is 0.480 e. The molecule has 4 aromatic rings. The summed E-state index contributed by atoms with van der Waals surface area (Å²) in [6, 6.07) is 24.6. The maximum atomic E-state index is 15.2. The molecule has 3 heterocycles. The highest BCUT2D eigenvalue weighted by molar-refractivity contribution is 6.54. The molecule has 4 aromatic carbocycles. The fourth-order valence-corrected chi connectivity index (χ4v) is 10.1. The first kappa shape index (κ1) is 54.1. The van der Waals surface area contributed by atoms with Gasteiger partial charge in [-0.15, -0.1) is 0 Å². The smallest absolute Gasteiger partial charge is 0.452 e. The average molecular weight is 1070 g/mol. The number of piperidine rings is 3. The predicted octanol–water partition coefficient (Wildman–Crippen LogP) is 11.4. The molecule has 19 heteroatoms. The van der Waals surface area contributed by atoms with Gasteiger partial charge in [0.2, 0.25) is 0 Å². The number of aliphatic carboxylic acids is 1. The van der Waals surface area contributed by atoms with Crippen LogP contribution in [0.3, 0.4) is 0 Å². The van der Waals surface area contributed by atoms with Crippen molar-refractivity contribution in [3.63, 3.8) is 0 Å². The molecule has 0 spiro atoms. The molecule has 3 aliphatic carbocycles. The Hall–Kier alpha value is -4.64. The average Bonchev–Trinajstić information content (AvgIpc) is 4.26. The Morgan fingerprint density at radius 3 is 1.51 bits per heavy atom. The van der Waals surface area contributed by atoms with Crippen molar-refractivity contribution in [1.82, 2.24) is 15.5 Å². The number of rotatable bonds is 10. The lowest BCUT2D eigenvalue weighted by Crippen LogP contribution is -2.46. The third-order valence-electron chi connectivity index (χ3n) is 13.2. The number of nitrogens with one attached hydrogen (secondary N) is 2. The number of fused-ring (bicyclic) bond motifs is 3. The summed E-state index contributed by atoms with van der Waals surface area (Å²) < 4.78 is 69.1. The van der Waals surface area contributed by atoms with Crippen molar-refractivity contribution in [2.75, 3.05) is 0 Å². The standard InChI is InChI=1S/C24H25ClFNO3.C19H17ClFNO.C6H9NO2.C3HCl2F3O/c1-24(2,3)30-23(29)27-19-11-15(19)12-20(27)21(28)13-14-7-6-9-17(22(14)26)16-8-4-5-10-18(16)25;20-15-7-2-1-5-13(15)14-6-3-4-11(19(14)21)10-18(23)17-9-12-8-16(12)22-17;8-6(9)5-2-3-1-4(3)7-5;4-2(5)1(9)3(6,7)8/h4-10,15,19-20H,11-13H2,1-3H3;1-7,12,16-17,22H,8-10H2;3-5,7H,1-2H2,(H,8,9);2H/t15-,19-,20+;12-,16-,17+;3-,4-,5+;/m111./s1. The second-order valence-corrected chi connectivity index (χ2v) is 21.5. The van der Waals surface area contributed by atoms with Crippen LogP contribution in [-0.2, 0) is 36.8 Å². The van der Waals surface area contributed by atoms with Gasteiger partial charge in [0.25, 0.3) is 5.78 Å². The molecule has 9 atom stereocenters. The molecule has 0 aromatic heterocycles. The number of ketones is 3. The first-order chi connectivity index (χ1) is 33.4. The number of carboxylic acids is 1. The monoisotopic (exact) mass is 1070 g/mol. The number of nitrogens with zero attached hydrogens (tertiary/aromatic N) is 1. The Morgan fingerprint density at radius 2 is 1.11 bits per heavy atom. The fraction of sp³-hybridized carbons (Fsp3) is 0.442. The van der Waals surface area contributed by atoms with Crippen LogP contribution in [0.2, 0.25) is 10.0 Å². The number of carbonyl (C=O) groups is 5. The first-order valence-electron chi connectivity index (χ1n) is 23.2. The summed E-state index contributed by atoms with van der Waals surface area (Å²) >= 11 is 21.6. The molecule has 10 nitrogen and oxygen atoms in total. The van der Waals surface area contributed by atoms with Gasteiger partial charge in [-0.25, -0.2) is 13.6 Å². The molecule has 10 rings (SSSR count). The van der Waals surface area contributed by atoms with Crippen LogP contribution in [0.5, 0.6) is 0 Å². The van der Waals surface area contributed by atoms with Crippen molar-refractivity contribution < 1.29 is 55.8 Å². The summed E-state index contributed by atoms with van der Waals surface area (Å²) in [6.07, 6.45) is 0.312. The normalized spacial score (nSPS) is 25.1. The van der Waals surface area contributed by atoms with Crippen molar-refractivity contribution in [1.29, 1.82) is 0 Å². The van der Waals surface area contributed by atoms with Gasteiger partial charge in [-0.05, 0) is 100 Å². The van der Waals surface area contributed by atoms with Crippen molar-refractivity contribution in [2.24, 2.45) is 17.8 Å². The van der Waals surface area contributed by atoms with E-state index in [1.165, 1.54) is 12.8 Å². The number of halogens is 9. The van der Waals surface area contributed by atoms with Gasteiger partial charge in [-0.1, -0.05) is 119 Å². The number of benzene rings is 4. The summed E-state index contributed by atoms with van der Waals surface area (Å²) in [5.74, 6) is -2.04. The topological polar surface area (TPSA) is 142 Å². The molecule has 0 bridgehead atoms. The number of carbonyl (C=O) groups excluding carboxylic acids is 4. The van der Waals surface area contributed by atoms with Crippen molar-refractivity contribution >= 4 is 75.8 Å². The van der Waals surface area contributed by atoms with E-state index in [0.717, 1.165) is 19.3 Å². The van der Waals surface area contributed by atoms with Gasteiger partial charge in [0, 0.05) is 63.3 Å². The number of alkyl halides is 5. The van der Waals surface area contributed by atoms with E-state index in [1.807, 2.05) is 12.1 Å². The third kappa shape index (κ3) is 13.7. The molecule has 3 saturated heterocycles. The van der Waals surface area contributed by atoms with Crippen LogP contribution in [0, 0.1) is 29.4 Å². The van der Waals surface area contributed by atoms with Crippen LogP contribution in [0.15, 0.2) is 84.9 Å². The van der Waals surface area contributed by atoms with Crippen molar-refractivity contribution in [3.8, 4) is 22.3 Å². The lowest BCUT2D eigenvalue weighted by Gasteiger charge is -2.30. The Labute approximate surface area is 427 Å². The lowest BCUT2D eigenvalue weighted by atomic mass is 9.96. The minimum Gasteiger partial charge on any atom is -0.480 e. The Balaban J connectivity index is 0.000000158. The van der Waals surface area contributed by atoms with Gasteiger partial charge in [0.05, 0.1) is 12.1 Å². The van der Waals surface area contributed by atoms with E-state index in [0.29, 0.717) is 79.7 Å². The van der Waals surface area contributed by atoms with Crippen LogP contribution in [-0.4, -0.2) is 92.3 Å². The van der Waals surface area contributed by atoms with Crippen molar-refractivity contribution in [3.05, 3.63) is 118 Å². The van der Waals surface area contributed by atoms with E-state index in [2.05, 4.69) is 33.8 Å². The zero-order valence-corrected chi connectivity index (χ0v) is 41.8. The van der Waals surface area contributed by atoms with Gasteiger partial charge < -0.3 is 20.5 Å². The second kappa shape index (κ2) is 22.2. The first-order valence-corrected chi connectivity index (χ1v) is 24.8. The minimum atomic E-state index is -4.92. The van der Waals surface area contributed by atoms with Crippen LogP contribution in [0.25, 0.3) is 22.3 Å². The SMILES string of the molecule is CC(C)(C)OC(=O)N1[C@@H]2C[C@@H]2C[C@H]1C(=O)Cc1cccc(-c2ccccc2Cl)c1F.O=C(C(Cl)Cl)C(F)(F)F.O=C(Cc1cccc(-c2ccccc2Cl)c1F)[C@@H]1C[C@H]2C[C@H]2N1.O=C(O)[C@@H]1C[C@H]2C[C@H]2N1. The Bertz CT molecular complexity index is 2650. The van der Waals surface area contributed by atoms with Gasteiger partial charge >= 0.3 is 18.2 Å². The van der Waals surface area contributed by atoms with Gasteiger partial charge in [-0.2, -0.15) is 13.2 Å². The summed E-state index contributed by atoms with van der Waals surface area (Å²) in [5, 5.41) is 15.8. The van der Waals surface area contributed by atoms with Crippen LogP contribution < -0.4 is 10.6 Å². The molecule has 0 unspecified atom stereocenters. The van der Waals surface area contributed by atoms with Gasteiger partial charge in [0.15, 0.2) is 16.4 Å². The number of likely N-dealkylation sites (tertiary alicyclic amines) is 1. The summed E-state index contributed by atoms with van der Waals surface area (Å²) in [6.45, 7) is 5.41. The fourth-order valence-electron chi connectivity index (χ4n) is 9.35. The minimum absolute atomic E-state index is 0.0631. The number of ether oxygens (including phenoxy) is 1. The van der Waals surface area contributed by atoms with Crippen LogP contribution in [0.1, 0.15) is 70.4 Å². The molecule has 71 heavy (non-hydrogen) atoms. The molecule has 3 N–H and O–H groups in total. The maximum Gasteiger partial charge on any atom is 0.452 e. The maximum absolute atomic E-state index is 15.2. The molecule has 380 valence electrons. The van der Waals surface area contributed by atoms with Crippen LogP contribution >= 0.6 is 46.4 Å². The lowest BCUT2D eigenvalue weighted by molar-refractivity contribution is -0.169. The van der Waals surface area contributed by atoms with Crippen LogP contribution in [0.4, 0.5) is 26.7 Å². The quantitative estimate of drug-likeness (QED) is 0.105. The van der Waals surface area contributed by atoms with E-state index in [-0.39, 0.29) is 48.4 Å². The van der Waals surface area contributed by atoms with E-state index in [4.69, 9.17) is 33.0 Å². The molecule has 3 saturated carbocycles. The zero-order valence-electron chi connectivity index (χ0n) is 38.8. The Morgan fingerprint density at radius 1 is 0.648 bits per heavy atom. The van der Waals surface area contributed by atoms with Gasteiger partial charge in [-0.3, -0.25) is 24.1 Å². The number of Topliss-reactive ketones (excluding diaryl/α,β-unsaturated/α-hetero) is 3. The highest BCUT2D eigenvalue weighted by atomic mass is 35.5. The van der Waals surface area contributed by atoms with Gasteiger partial charge in [0.1, 0.15) is 23.3 Å². The third-order valence-corrected chi connectivity index (χ3v) is 14.3.